The molecule has 0 spiro atoms. The molecule has 4 nitrogen and oxygen atoms in total. The summed E-state index contributed by atoms with van der Waals surface area (Å²) in [5.41, 5.74) is 4.52. The van der Waals surface area contributed by atoms with Gasteiger partial charge in [0.25, 0.3) is 0 Å². The summed E-state index contributed by atoms with van der Waals surface area (Å²) in [6.07, 6.45) is 17.2. The lowest BCUT2D eigenvalue weighted by Gasteiger charge is -2.42. The molecule has 6 heteroatoms. The summed E-state index contributed by atoms with van der Waals surface area (Å²) in [5.74, 6) is 0. The smallest absolute Gasteiger partial charge is 0.0933 e. The molecule has 154 valence electrons. The molecule has 1 unspecified atom stereocenters. The van der Waals surface area contributed by atoms with E-state index in [1.165, 1.54) is 11.1 Å². The van der Waals surface area contributed by atoms with E-state index in [0.717, 1.165) is 24.0 Å². The molecule has 1 aliphatic carbocycles. The Hall–Kier alpha value is -1.50. The lowest BCUT2D eigenvalue weighted by Crippen LogP contribution is -2.29. The lowest BCUT2D eigenvalue weighted by atomic mass is 9.88. The molecule has 3 rings (SSSR count). The van der Waals surface area contributed by atoms with Crippen molar-refractivity contribution in [2.75, 3.05) is 6.16 Å². The van der Waals surface area contributed by atoms with Gasteiger partial charge in [0.2, 0.25) is 0 Å². The molecule has 1 atom stereocenters. The maximum atomic E-state index is 4.68. The van der Waals surface area contributed by atoms with Gasteiger partial charge in [-0.15, -0.1) is 9.24 Å². The van der Waals surface area contributed by atoms with Crippen LogP contribution in [-0.2, 0) is 5.16 Å². The van der Waals surface area contributed by atoms with E-state index in [1.807, 2.05) is 12.4 Å². The van der Waals surface area contributed by atoms with Gasteiger partial charge in [0.1, 0.15) is 0 Å². The first kappa shape index (κ1) is 22.2. The maximum Gasteiger partial charge on any atom is 0.0933 e. The van der Waals surface area contributed by atoms with E-state index in [0.29, 0.717) is 0 Å². The van der Waals surface area contributed by atoms with Gasteiger partial charge in [0, 0.05) is 24.8 Å². The second kappa shape index (κ2) is 8.32. The van der Waals surface area contributed by atoms with Gasteiger partial charge in [-0.25, -0.2) is 0 Å². The standard InChI is InChI=1S/C23H32N4P2/c1-21(2,3)29(22(4,5)6)16-17-8-7-9-18(17)23(28,19-14-24-10-12-26-19)20-15-25-11-13-27-20/h7-8,10-15H,9,16,28H2,1-6H3. The average Bonchev–Trinajstić information content (AvgIpc) is 3.14. The van der Waals surface area contributed by atoms with Crippen LogP contribution in [0.2, 0.25) is 0 Å². The largest absolute Gasteiger partial charge is 0.261 e. The highest BCUT2D eigenvalue weighted by Crippen LogP contribution is 2.61. The quantitative estimate of drug-likeness (QED) is 0.574. The van der Waals surface area contributed by atoms with Crippen LogP contribution in [0.5, 0.6) is 0 Å². The van der Waals surface area contributed by atoms with E-state index in [9.17, 15) is 0 Å². The molecule has 0 fully saturated rings. The van der Waals surface area contributed by atoms with Crippen molar-refractivity contribution in [1.29, 1.82) is 0 Å². The zero-order valence-corrected chi connectivity index (χ0v) is 20.4. The van der Waals surface area contributed by atoms with E-state index < -0.39 is 5.16 Å². The average molecular weight is 426 g/mol. The fourth-order valence-corrected chi connectivity index (χ4v) is 8.41. The Morgan fingerprint density at radius 3 is 1.79 bits per heavy atom. The van der Waals surface area contributed by atoms with Crippen molar-refractivity contribution in [3.63, 3.8) is 0 Å². The fourth-order valence-electron chi connectivity index (χ4n) is 4.21. The van der Waals surface area contributed by atoms with Crippen molar-refractivity contribution >= 4 is 17.2 Å². The van der Waals surface area contributed by atoms with Gasteiger partial charge in [-0.1, -0.05) is 61.6 Å². The van der Waals surface area contributed by atoms with Crippen LogP contribution in [0.15, 0.2) is 60.5 Å². The van der Waals surface area contributed by atoms with E-state index >= 15 is 0 Å². The predicted octanol–water partition coefficient (Wildman–Crippen LogP) is 5.72. The monoisotopic (exact) mass is 426 g/mol. The minimum Gasteiger partial charge on any atom is -0.261 e. The number of aromatic nitrogens is 4. The van der Waals surface area contributed by atoms with E-state index in [1.54, 1.807) is 24.8 Å². The van der Waals surface area contributed by atoms with Gasteiger partial charge >= 0.3 is 0 Å². The first-order valence-corrected chi connectivity index (χ1v) is 12.1. The normalized spacial score (nSPS) is 15.4. The van der Waals surface area contributed by atoms with Crippen molar-refractivity contribution in [3.05, 3.63) is 71.9 Å². The van der Waals surface area contributed by atoms with Gasteiger partial charge in [-0.2, -0.15) is 0 Å². The van der Waals surface area contributed by atoms with Crippen LogP contribution in [0, 0.1) is 0 Å². The molecule has 2 aromatic heterocycles. The molecule has 0 saturated heterocycles. The zero-order valence-electron chi connectivity index (χ0n) is 18.3. The lowest BCUT2D eigenvalue weighted by molar-refractivity contribution is 0.705. The number of hydrogen-bond donors (Lipinski definition) is 0. The molecular formula is C23H32N4P2. The Morgan fingerprint density at radius 1 is 0.862 bits per heavy atom. The molecule has 29 heavy (non-hydrogen) atoms. The minimum atomic E-state index is -0.530. The number of hydrogen-bond acceptors (Lipinski definition) is 4. The van der Waals surface area contributed by atoms with Gasteiger partial charge in [0.15, 0.2) is 0 Å². The Bertz CT molecular complexity index is 840. The van der Waals surface area contributed by atoms with Gasteiger partial charge in [-0.05, 0) is 34.0 Å². The first-order chi connectivity index (χ1) is 13.5. The van der Waals surface area contributed by atoms with E-state index in [-0.39, 0.29) is 18.2 Å². The molecule has 0 aromatic carbocycles. The number of rotatable bonds is 5. The molecule has 0 radical (unpaired) electrons. The summed E-state index contributed by atoms with van der Waals surface area (Å²) >= 11 is 0. The molecule has 1 aliphatic rings. The van der Waals surface area contributed by atoms with Crippen LogP contribution in [0.25, 0.3) is 0 Å². The van der Waals surface area contributed by atoms with Crippen molar-refractivity contribution in [2.45, 2.75) is 63.4 Å². The summed E-state index contributed by atoms with van der Waals surface area (Å²) < 4.78 is 0. The van der Waals surface area contributed by atoms with Crippen LogP contribution < -0.4 is 0 Å². The van der Waals surface area contributed by atoms with Crippen LogP contribution in [0.4, 0.5) is 0 Å². The minimum absolute atomic E-state index is 0.256. The van der Waals surface area contributed by atoms with Crippen molar-refractivity contribution in [1.82, 2.24) is 19.9 Å². The summed E-state index contributed by atoms with van der Waals surface area (Å²) in [5, 5.41) is 0.00761. The highest BCUT2D eigenvalue weighted by atomic mass is 31.1. The molecule has 0 bridgehead atoms. The summed E-state index contributed by atoms with van der Waals surface area (Å²) in [4.78, 5) is 18.0. The van der Waals surface area contributed by atoms with E-state index in [2.05, 4.69) is 82.9 Å². The highest BCUT2D eigenvalue weighted by Gasteiger charge is 2.41. The van der Waals surface area contributed by atoms with Crippen LogP contribution >= 0.6 is 17.2 Å². The molecular weight excluding hydrogens is 394 g/mol. The fraction of sp³-hybridized carbons (Fsp3) is 0.478. The molecule has 0 saturated carbocycles. The van der Waals surface area contributed by atoms with Crippen LogP contribution in [-0.4, -0.2) is 36.4 Å². The Kier molecular flexibility index (Phi) is 6.37. The van der Waals surface area contributed by atoms with Crippen LogP contribution in [0.3, 0.4) is 0 Å². The molecule has 2 aromatic rings. The molecule has 0 amide bonds. The maximum absolute atomic E-state index is 4.68. The Balaban J connectivity index is 2.15. The zero-order chi connectivity index (χ0) is 21.3. The second-order valence-electron chi connectivity index (χ2n) is 9.53. The van der Waals surface area contributed by atoms with Crippen molar-refractivity contribution in [2.24, 2.45) is 0 Å². The highest BCUT2D eigenvalue weighted by molar-refractivity contribution is 7.61. The van der Waals surface area contributed by atoms with Gasteiger partial charge in [0.05, 0.1) is 28.9 Å². The third-order valence-electron chi connectivity index (χ3n) is 5.39. The Labute approximate surface area is 178 Å². The Morgan fingerprint density at radius 2 is 1.38 bits per heavy atom. The summed E-state index contributed by atoms with van der Waals surface area (Å²) in [6.45, 7) is 14.3. The van der Waals surface area contributed by atoms with E-state index in [4.69, 9.17) is 0 Å². The van der Waals surface area contributed by atoms with Gasteiger partial charge < -0.3 is 0 Å². The second-order valence-corrected chi connectivity index (χ2v) is 14.2. The number of allylic oxidation sites excluding steroid dienone is 4. The number of nitrogens with zero attached hydrogens (tertiary/aromatic N) is 4. The molecule has 2 heterocycles. The van der Waals surface area contributed by atoms with Crippen molar-refractivity contribution in [3.8, 4) is 0 Å². The first-order valence-electron chi connectivity index (χ1n) is 10.0. The van der Waals surface area contributed by atoms with Crippen LogP contribution in [0.1, 0.15) is 59.4 Å². The summed E-state index contributed by atoms with van der Waals surface area (Å²) in [6, 6.07) is 0. The molecule has 0 aliphatic heterocycles. The third kappa shape index (κ3) is 4.65. The van der Waals surface area contributed by atoms with Crippen molar-refractivity contribution < 1.29 is 0 Å². The molecule has 0 N–H and O–H groups in total. The third-order valence-corrected chi connectivity index (χ3v) is 10.2. The summed E-state index contributed by atoms with van der Waals surface area (Å²) in [7, 11) is 2.78. The SMILES string of the molecule is CC(C)(C)P(CC1=C(C(P)(c2cnccn2)c2cnccn2)CC=C1)C(C)(C)C. The predicted molar refractivity (Wildman–Crippen MR) is 127 cm³/mol. The topological polar surface area (TPSA) is 51.6 Å². The van der Waals surface area contributed by atoms with Gasteiger partial charge in [-0.3, -0.25) is 19.9 Å².